The summed E-state index contributed by atoms with van der Waals surface area (Å²) in [5, 5.41) is 11.0. The molecule has 0 spiro atoms. The molecule has 1 aromatic carbocycles. The average molecular weight is 301 g/mol. The summed E-state index contributed by atoms with van der Waals surface area (Å²) < 4.78 is 10.9. The first-order valence-electron chi connectivity index (χ1n) is 6.56. The molecule has 0 amide bonds. The molecule has 108 valence electrons. The quantitative estimate of drug-likeness (QED) is 0.758. The second-order valence-electron chi connectivity index (χ2n) is 4.49. The van der Waals surface area contributed by atoms with Crippen molar-refractivity contribution < 1.29 is 9.26 Å². The maximum atomic E-state index is 5.70. The van der Waals surface area contributed by atoms with Gasteiger partial charge in [-0.15, -0.1) is 0 Å². The molecule has 0 fully saturated rings. The third-order valence-corrected chi connectivity index (χ3v) is 3.57. The standard InChI is InChI=1S/C15H15N3O2S/c1-16-8-11-3-2-4-13(7-11)19-9-14-17-15(20-18-14)12-5-6-21-10-12/h2-7,10,16H,8-9H2,1H3. The van der Waals surface area contributed by atoms with Crippen molar-refractivity contribution in [3.05, 3.63) is 52.5 Å². The van der Waals surface area contributed by atoms with Crippen molar-refractivity contribution in [1.82, 2.24) is 15.5 Å². The molecule has 0 bridgehead atoms. The number of nitrogens with zero attached hydrogens (tertiary/aromatic N) is 2. The van der Waals surface area contributed by atoms with Crippen molar-refractivity contribution in [2.24, 2.45) is 0 Å². The average Bonchev–Trinajstić information content (AvgIpc) is 3.17. The van der Waals surface area contributed by atoms with Crippen molar-refractivity contribution in [2.45, 2.75) is 13.2 Å². The van der Waals surface area contributed by atoms with Crippen molar-refractivity contribution >= 4 is 11.3 Å². The van der Waals surface area contributed by atoms with E-state index in [-0.39, 0.29) is 6.61 Å². The molecular weight excluding hydrogens is 286 g/mol. The monoisotopic (exact) mass is 301 g/mol. The van der Waals surface area contributed by atoms with Crippen LogP contribution in [0.3, 0.4) is 0 Å². The van der Waals surface area contributed by atoms with Gasteiger partial charge in [-0.25, -0.2) is 0 Å². The second-order valence-corrected chi connectivity index (χ2v) is 5.27. The van der Waals surface area contributed by atoms with E-state index in [0.29, 0.717) is 11.7 Å². The van der Waals surface area contributed by atoms with Crippen molar-refractivity contribution in [1.29, 1.82) is 0 Å². The Kier molecular flexibility index (Phi) is 4.28. The largest absolute Gasteiger partial charge is 0.485 e. The Balaban J connectivity index is 1.64. The molecule has 0 aliphatic rings. The van der Waals surface area contributed by atoms with Crippen molar-refractivity contribution in [2.75, 3.05) is 7.05 Å². The summed E-state index contributed by atoms with van der Waals surface area (Å²) in [6.45, 7) is 1.10. The lowest BCUT2D eigenvalue weighted by atomic mass is 10.2. The molecule has 0 saturated carbocycles. The van der Waals surface area contributed by atoms with Crippen LogP contribution in [0.5, 0.6) is 5.75 Å². The third kappa shape index (κ3) is 3.48. The predicted molar refractivity (Wildman–Crippen MR) is 81.1 cm³/mol. The number of aromatic nitrogens is 2. The molecule has 0 atom stereocenters. The maximum absolute atomic E-state index is 5.70. The van der Waals surface area contributed by atoms with Gasteiger partial charge in [0.2, 0.25) is 5.82 Å². The maximum Gasteiger partial charge on any atom is 0.258 e. The number of nitrogens with one attached hydrogen (secondary N) is 1. The highest BCUT2D eigenvalue weighted by atomic mass is 32.1. The highest BCUT2D eigenvalue weighted by Crippen LogP contribution is 2.20. The normalized spacial score (nSPS) is 10.7. The summed E-state index contributed by atoms with van der Waals surface area (Å²) >= 11 is 1.60. The molecule has 0 aliphatic heterocycles. The van der Waals surface area contributed by atoms with E-state index < -0.39 is 0 Å². The van der Waals surface area contributed by atoms with E-state index in [4.69, 9.17) is 9.26 Å². The van der Waals surface area contributed by atoms with Gasteiger partial charge >= 0.3 is 0 Å². The highest BCUT2D eigenvalue weighted by molar-refractivity contribution is 7.08. The zero-order valence-corrected chi connectivity index (χ0v) is 12.4. The van der Waals surface area contributed by atoms with Gasteiger partial charge in [-0.2, -0.15) is 16.3 Å². The fourth-order valence-electron chi connectivity index (χ4n) is 1.91. The second kappa shape index (κ2) is 6.51. The van der Waals surface area contributed by atoms with Crippen LogP contribution in [0, 0.1) is 0 Å². The molecule has 3 rings (SSSR count). The fourth-order valence-corrected chi connectivity index (χ4v) is 2.54. The van der Waals surface area contributed by atoms with Gasteiger partial charge in [0.25, 0.3) is 5.89 Å². The minimum Gasteiger partial charge on any atom is -0.485 e. The van der Waals surface area contributed by atoms with Crippen LogP contribution >= 0.6 is 11.3 Å². The Bertz CT molecular complexity index is 695. The van der Waals surface area contributed by atoms with Crippen LogP contribution < -0.4 is 10.1 Å². The first-order valence-corrected chi connectivity index (χ1v) is 7.51. The number of rotatable bonds is 6. The molecule has 2 heterocycles. The van der Waals surface area contributed by atoms with Gasteiger partial charge in [0.1, 0.15) is 5.75 Å². The van der Waals surface area contributed by atoms with E-state index in [1.807, 2.05) is 48.1 Å². The van der Waals surface area contributed by atoms with Gasteiger partial charge in [0.05, 0.1) is 5.56 Å². The topological polar surface area (TPSA) is 60.2 Å². The summed E-state index contributed by atoms with van der Waals surface area (Å²) in [5.41, 5.74) is 2.11. The van der Waals surface area contributed by atoms with Crippen LogP contribution in [-0.4, -0.2) is 17.2 Å². The number of hydrogen-bond acceptors (Lipinski definition) is 6. The molecule has 0 saturated heterocycles. The summed E-state index contributed by atoms with van der Waals surface area (Å²) in [6, 6.07) is 9.88. The minimum absolute atomic E-state index is 0.288. The Morgan fingerprint density at radius 3 is 3.10 bits per heavy atom. The molecule has 0 aliphatic carbocycles. The molecule has 0 radical (unpaired) electrons. The third-order valence-electron chi connectivity index (χ3n) is 2.88. The van der Waals surface area contributed by atoms with Gasteiger partial charge in [0, 0.05) is 11.9 Å². The first kappa shape index (κ1) is 13.8. The van der Waals surface area contributed by atoms with E-state index in [1.165, 1.54) is 5.56 Å². The Hall–Kier alpha value is -2.18. The van der Waals surface area contributed by atoms with Crippen LogP contribution in [0.25, 0.3) is 11.5 Å². The van der Waals surface area contributed by atoms with E-state index >= 15 is 0 Å². The molecule has 5 nitrogen and oxygen atoms in total. The molecule has 21 heavy (non-hydrogen) atoms. The van der Waals surface area contributed by atoms with Crippen LogP contribution in [0.15, 0.2) is 45.6 Å². The number of thiophene rings is 1. The Morgan fingerprint density at radius 1 is 1.33 bits per heavy atom. The molecule has 1 N–H and O–H groups in total. The van der Waals surface area contributed by atoms with E-state index in [0.717, 1.165) is 17.9 Å². The van der Waals surface area contributed by atoms with Crippen molar-refractivity contribution in [3.8, 4) is 17.2 Å². The first-order chi connectivity index (χ1) is 10.3. The summed E-state index contributed by atoms with van der Waals surface area (Å²) in [4.78, 5) is 4.32. The molecule has 0 unspecified atom stereocenters. The van der Waals surface area contributed by atoms with Gasteiger partial charge in [-0.05, 0) is 36.2 Å². The van der Waals surface area contributed by atoms with Crippen LogP contribution in [0.1, 0.15) is 11.4 Å². The summed E-state index contributed by atoms with van der Waals surface area (Å²) in [5.74, 6) is 1.86. The number of ether oxygens (including phenoxy) is 1. The summed E-state index contributed by atoms with van der Waals surface area (Å²) in [6.07, 6.45) is 0. The predicted octanol–water partition coefficient (Wildman–Crippen LogP) is 3.10. The smallest absolute Gasteiger partial charge is 0.258 e. The lowest BCUT2D eigenvalue weighted by Gasteiger charge is -2.05. The number of hydrogen-bond donors (Lipinski definition) is 1. The zero-order chi connectivity index (χ0) is 14.5. The Labute approximate surface area is 126 Å². The zero-order valence-electron chi connectivity index (χ0n) is 11.6. The molecule has 3 aromatic rings. The number of benzene rings is 1. The SMILES string of the molecule is CNCc1cccc(OCc2noc(-c3ccsc3)n2)c1. The van der Waals surface area contributed by atoms with Crippen molar-refractivity contribution in [3.63, 3.8) is 0 Å². The Morgan fingerprint density at radius 2 is 2.29 bits per heavy atom. The van der Waals surface area contributed by atoms with E-state index in [9.17, 15) is 0 Å². The highest BCUT2D eigenvalue weighted by Gasteiger charge is 2.09. The molecule has 6 heteroatoms. The van der Waals surface area contributed by atoms with Crippen LogP contribution in [0.2, 0.25) is 0 Å². The molecular formula is C15H15N3O2S. The lowest BCUT2D eigenvalue weighted by molar-refractivity contribution is 0.287. The van der Waals surface area contributed by atoms with Gasteiger partial charge < -0.3 is 14.6 Å². The van der Waals surface area contributed by atoms with E-state index in [2.05, 4.69) is 15.5 Å². The van der Waals surface area contributed by atoms with Gasteiger partial charge in [0.15, 0.2) is 6.61 Å². The van der Waals surface area contributed by atoms with Crippen LogP contribution in [0.4, 0.5) is 0 Å². The van der Waals surface area contributed by atoms with E-state index in [1.54, 1.807) is 11.3 Å². The van der Waals surface area contributed by atoms with Gasteiger partial charge in [-0.1, -0.05) is 17.3 Å². The summed E-state index contributed by atoms with van der Waals surface area (Å²) in [7, 11) is 1.92. The lowest BCUT2D eigenvalue weighted by Crippen LogP contribution is -2.05. The minimum atomic E-state index is 0.288. The van der Waals surface area contributed by atoms with Gasteiger partial charge in [-0.3, -0.25) is 0 Å². The fraction of sp³-hybridized carbons (Fsp3) is 0.200. The molecule has 2 aromatic heterocycles. The van der Waals surface area contributed by atoms with Crippen LogP contribution in [-0.2, 0) is 13.2 Å².